The molecule has 17 heavy (non-hydrogen) atoms. The van der Waals surface area contributed by atoms with E-state index in [2.05, 4.69) is 0 Å². The van der Waals surface area contributed by atoms with E-state index in [1.54, 1.807) is 5.32 Å². The summed E-state index contributed by atoms with van der Waals surface area (Å²) in [6, 6.07) is -0.694. The van der Waals surface area contributed by atoms with Gasteiger partial charge in [-0.3, -0.25) is 4.79 Å². The maximum Gasteiger partial charge on any atom is 0.463 e. The molecule has 0 aromatic rings. The molecule has 1 aliphatic carbocycles. The van der Waals surface area contributed by atoms with E-state index >= 15 is 0 Å². The van der Waals surface area contributed by atoms with Gasteiger partial charge in [0.2, 0.25) is 0 Å². The second kappa shape index (κ2) is 4.75. The molecule has 0 heterocycles. The Kier molecular flexibility index (Phi) is 3.95. The van der Waals surface area contributed by atoms with Crippen LogP contribution in [0.4, 0.5) is 22.0 Å². The fraction of sp³-hybridized carbons (Fsp3) is 0.889. The van der Waals surface area contributed by atoms with Gasteiger partial charge in [0.1, 0.15) is 0 Å². The molecule has 0 spiro atoms. The van der Waals surface area contributed by atoms with Crippen LogP contribution < -0.4 is 11.1 Å². The zero-order valence-corrected chi connectivity index (χ0v) is 8.86. The third-order valence-electron chi connectivity index (χ3n) is 2.92. The third kappa shape index (κ3) is 2.85. The number of nitrogens with two attached hydrogens (primary N) is 1. The summed E-state index contributed by atoms with van der Waals surface area (Å²) < 4.78 is 61.0. The molecule has 1 fully saturated rings. The van der Waals surface area contributed by atoms with Gasteiger partial charge in [0.05, 0.1) is 0 Å². The van der Waals surface area contributed by atoms with Crippen LogP contribution in [0.2, 0.25) is 0 Å². The standard InChI is InChI=1S/C9H13F5N2O/c10-8(11,9(12,13)14)7(17)16-6-3-1-2-5(6)4-15/h5-6H,1-4,15H2,(H,16,17). The fourth-order valence-electron chi connectivity index (χ4n) is 1.90. The quantitative estimate of drug-likeness (QED) is 0.754. The van der Waals surface area contributed by atoms with Crippen LogP contribution in [0.25, 0.3) is 0 Å². The van der Waals surface area contributed by atoms with E-state index in [0.29, 0.717) is 19.3 Å². The van der Waals surface area contributed by atoms with Crippen molar-refractivity contribution in [2.45, 2.75) is 37.4 Å². The normalized spacial score (nSPS) is 26.0. The van der Waals surface area contributed by atoms with Crippen LogP contribution in [0, 0.1) is 5.92 Å². The number of nitrogens with one attached hydrogen (secondary N) is 1. The SMILES string of the molecule is NCC1CCCC1NC(=O)C(F)(F)C(F)(F)F. The first-order chi connectivity index (χ1) is 7.70. The molecule has 0 radical (unpaired) electrons. The van der Waals surface area contributed by atoms with Crippen LogP contribution in [-0.2, 0) is 4.79 Å². The molecule has 0 aromatic carbocycles. The summed E-state index contributed by atoms with van der Waals surface area (Å²) in [4.78, 5) is 10.9. The average molecular weight is 260 g/mol. The Morgan fingerprint density at radius 1 is 1.24 bits per heavy atom. The number of halogens is 5. The molecule has 100 valence electrons. The van der Waals surface area contributed by atoms with Gasteiger partial charge in [0.25, 0.3) is 0 Å². The highest BCUT2D eigenvalue weighted by molar-refractivity contribution is 5.84. The molecule has 0 bridgehead atoms. The minimum Gasteiger partial charge on any atom is -0.347 e. The molecule has 3 N–H and O–H groups in total. The van der Waals surface area contributed by atoms with Crippen molar-refractivity contribution in [3.63, 3.8) is 0 Å². The largest absolute Gasteiger partial charge is 0.463 e. The molecule has 0 saturated heterocycles. The van der Waals surface area contributed by atoms with Gasteiger partial charge in [0.15, 0.2) is 0 Å². The molecule has 3 nitrogen and oxygen atoms in total. The van der Waals surface area contributed by atoms with E-state index in [-0.39, 0.29) is 12.5 Å². The van der Waals surface area contributed by atoms with Crippen LogP contribution in [0.15, 0.2) is 0 Å². The summed E-state index contributed by atoms with van der Waals surface area (Å²) in [5.41, 5.74) is 5.33. The predicted octanol–water partition coefficient (Wildman–Crippen LogP) is 1.43. The van der Waals surface area contributed by atoms with E-state index in [1.807, 2.05) is 0 Å². The Bertz CT molecular complexity index is 292. The molecular weight excluding hydrogens is 247 g/mol. The maximum absolute atomic E-state index is 12.6. The molecule has 2 unspecified atom stereocenters. The van der Waals surface area contributed by atoms with Crippen LogP contribution in [0.3, 0.4) is 0 Å². The monoisotopic (exact) mass is 260 g/mol. The molecule has 0 aliphatic heterocycles. The van der Waals surface area contributed by atoms with Crippen molar-refractivity contribution < 1.29 is 26.7 Å². The van der Waals surface area contributed by atoms with Crippen molar-refractivity contribution in [2.75, 3.05) is 6.54 Å². The number of carbonyl (C=O) groups is 1. The summed E-state index contributed by atoms with van der Waals surface area (Å²) >= 11 is 0. The first-order valence-corrected chi connectivity index (χ1v) is 5.15. The van der Waals surface area contributed by atoms with Gasteiger partial charge >= 0.3 is 18.0 Å². The lowest BCUT2D eigenvalue weighted by Crippen LogP contribution is -2.54. The molecule has 8 heteroatoms. The number of hydrogen-bond acceptors (Lipinski definition) is 2. The molecule has 1 amide bonds. The highest BCUT2D eigenvalue weighted by Gasteiger charge is 2.63. The van der Waals surface area contributed by atoms with Crippen LogP contribution >= 0.6 is 0 Å². The van der Waals surface area contributed by atoms with Gasteiger partial charge in [-0.25, -0.2) is 0 Å². The fourth-order valence-corrected chi connectivity index (χ4v) is 1.90. The first kappa shape index (κ1) is 14.1. The third-order valence-corrected chi connectivity index (χ3v) is 2.92. The van der Waals surface area contributed by atoms with E-state index in [9.17, 15) is 26.7 Å². The number of carbonyl (C=O) groups excluding carboxylic acids is 1. The van der Waals surface area contributed by atoms with Crippen LogP contribution in [-0.4, -0.2) is 30.6 Å². The first-order valence-electron chi connectivity index (χ1n) is 5.15. The zero-order chi connectivity index (χ0) is 13.3. The number of rotatable bonds is 3. The zero-order valence-electron chi connectivity index (χ0n) is 8.86. The van der Waals surface area contributed by atoms with E-state index in [4.69, 9.17) is 5.73 Å². The summed E-state index contributed by atoms with van der Waals surface area (Å²) in [6.45, 7) is 0.155. The van der Waals surface area contributed by atoms with Crippen molar-refractivity contribution in [3.8, 4) is 0 Å². The lowest BCUT2D eigenvalue weighted by Gasteiger charge is -2.24. The van der Waals surface area contributed by atoms with Crippen molar-refractivity contribution in [1.82, 2.24) is 5.32 Å². The summed E-state index contributed by atoms with van der Waals surface area (Å²) in [5.74, 6) is -7.88. The van der Waals surface area contributed by atoms with Gasteiger partial charge in [-0.2, -0.15) is 22.0 Å². The van der Waals surface area contributed by atoms with Gasteiger partial charge in [-0.15, -0.1) is 0 Å². The Balaban J connectivity index is 2.66. The highest BCUT2D eigenvalue weighted by atomic mass is 19.4. The second-order valence-electron chi connectivity index (χ2n) is 4.08. The van der Waals surface area contributed by atoms with E-state index < -0.39 is 24.0 Å². The lowest BCUT2D eigenvalue weighted by atomic mass is 10.0. The van der Waals surface area contributed by atoms with Crippen LogP contribution in [0.5, 0.6) is 0 Å². The number of alkyl halides is 5. The van der Waals surface area contributed by atoms with E-state index in [1.165, 1.54) is 0 Å². The van der Waals surface area contributed by atoms with Crippen molar-refractivity contribution in [2.24, 2.45) is 11.7 Å². The second-order valence-corrected chi connectivity index (χ2v) is 4.08. The Labute approximate surface area is 94.5 Å². The Hall–Kier alpha value is -0.920. The predicted molar refractivity (Wildman–Crippen MR) is 49.3 cm³/mol. The van der Waals surface area contributed by atoms with Crippen LogP contribution in [0.1, 0.15) is 19.3 Å². The molecule has 1 rings (SSSR count). The Morgan fingerprint density at radius 2 is 1.82 bits per heavy atom. The number of amides is 1. The average Bonchev–Trinajstić information content (AvgIpc) is 2.63. The van der Waals surface area contributed by atoms with Gasteiger partial charge < -0.3 is 11.1 Å². The highest BCUT2D eigenvalue weighted by Crippen LogP contribution is 2.36. The maximum atomic E-state index is 12.6. The van der Waals surface area contributed by atoms with Crippen molar-refractivity contribution in [3.05, 3.63) is 0 Å². The topological polar surface area (TPSA) is 55.1 Å². The van der Waals surface area contributed by atoms with Gasteiger partial charge in [-0.05, 0) is 25.3 Å². The smallest absolute Gasteiger partial charge is 0.347 e. The minimum absolute atomic E-state index is 0.155. The number of hydrogen-bond donors (Lipinski definition) is 2. The lowest BCUT2D eigenvalue weighted by molar-refractivity contribution is -0.270. The van der Waals surface area contributed by atoms with Gasteiger partial charge in [-0.1, -0.05) is 6.42 Å². The summed E-state index contributed by atoms with van der Waals surface area (Å²) in [5, 5.41) is 1.74. The Morgan fingerprint density at radius 3 is 2.29 bits per heavy atom. The van der Waals surface area contributed by atoms with E-state index in [0.717, 1.165) is 0 Å². The summed E-state index contributed by atoms with van der Waals surface area (Å²) in [7, 11) is 0. The molecule has 1 aliphatic rings. The molecule has 2 atom stereocenters. The van der Waals surface area contributed by atoms with Crippen molar-refractivity contribution >= 4 is 5.91 Å². The molecule has 1 saturated carbocycles. The summed E-state index contributed by atoms with van der Waals surface area (Å²) in [6.07, 6.45) is -4.21. The molecule has 0 aromatic heterocycles. The van der Waals surface area contributed by atoms with Gasteiger partial charge in [0, 0.05) is 6.04 Å². The molecular formula is C9H13F5N2O. The minimum atomic E-state index is -5.87. The van der Waals surface area contributed by atoms with Crippen molar-refractivity contribution in [1.29, 1.82) is 0 Å².